The van der Waals surface area contributed by atoms with Crippen LogP contribution in [0.1, 0.15) is 22.3 Å². The Morgan fingerprint density at radius 1 is 0.379 bits per heavy atom. The Bertz CT molecular complexity index is 3690. The molecule has 1 aliphatic carbocycles. The van der Waals surface area contributed by atoms with E-state index >= 15 is 0 Å². The standard InChI is InChI=1S/C62H42N4/c1-5-15-45(16-6-1)62(46-17-7-2-8-18-46)56-24-14-13-23-52(56)53-31-29-51(42-57(53)62)65(49-27-25-43(26-28-49)44-35-38-63-39-36-44)50-30-32-59-55(41-50)61-54-37-40-64(47-19-9-3-10-20-47)58(54)33-34-60(61)66(59)48-21-11-4-12-22-48/h1-42H. The van der Waals surface area contributed by atoms with Crippen molar-refractivity contribution in [2.24, 2.45) is 0 Å². The highest BCUT2D eigenvalue weighted by atomic mass is 15.1. The zero-order valence-corrected chi connectivity index (χ0v) is 36.0. The van der Waals surface area contributed by atoms with E-state index in [4.69, 9.17) is 0 Å². The molecule has 0 fully saturated rings. The summed E-state index contributed by atoms with van der Waals surface area (Å²) in [6.07, 6.45) is 5.92. The molecule has 1 aliphatic rings. The summed E-state index contributed by atoms with van der Waals surface area (Å²) in [5.41, 5.74) is 18.3. The number of para-hydroxylation sites is 2. The second-order valence-corrected chi connectivity index (χ2v) is 17.2. The van der Waals surface area contributed by atoms with Crippen LogP contribution >= 0.6 is 0 Å². The number of hydrogen-bond donors (Lipinski definition) is 0. The van der Waals surface area contributed by atoms with Crippen LogP contribution in [0.15, 0.2) is 255 Å². The molecule has 66 heavy (non-hydrogen) atoms. The van der Waals surface area contributed by atoms with Crippen LogP contribution in [0.5, 0.6) is 0 Å². The van der Waals surface area contributed by atoms with Gasteiger partial charge in [0.1, 0.15) is 0 Å². The first-order chi connectivity index (χ1) is 32.8. The summed E-state index contributed by atoms with van der Waals surface area (Å²) in [7, 11) is 0. The third kappa shape index (κ3) is 5.75. The first-order valence-electron chi connectivity index (χ1n) is 22.6. The normalized spacial score (nSPS) is 12.7. The smallest absolute Gasteiger partial charge is 0.0714 e. The topological polar surface area (TPSA) is 26.0 Å². The lowest BCUT2D eigenvalue weighted by atomic mass is 9.67. The van der Waals surface area contributed by atoms with Gasteiger partial charge in [-0.05, 0) is 142 Å². The molecule has 12 aromatic rings. The van der Waals surface area contributed by atoms with Crippen molar-refractivity contribution >= 4 is 49.8 Å². The van der Waals surface area contributed by atoms with Crippen molar-refractivity contribution in [3.05, 3.63) is 277 Å². The molecule has 0 saturated heterocycles. The summed E-state index contributed by atoms with van der Waals surface area (Å²) in [5.74, 6) is 0. The fourth-order valence-corrected chi connectivity index (χ4v) is 10.9. The van der Waals surface area contributed by atoms with Crippen LogP contribution in [0, 0.1) is 0 Å². The van der Waals surface area contributed by atoms with Crippen LogP contribution in [-0.4, -0.2) is 14.1 Å². The Balaban J connectivity index is 1.08. The van der Waals surface area contributed by atoms with Gasteiger partial charge in [0.25, 0.3) is 0 Å². The van der Waals surface area contributed by atoms with E-state index in [9.17, 15) is 0 Å². The summed E-state index contributed by atoms with van der Waals surface area (Å²) in [4.78, 5) is 6.73. The number of pyridine rings is 1. The summed E-state index contributed by atoms with van der Waals surface area (Å²) >= 11 is 0. The lowest BCUT2D eigenvalue weighted by Crippen LogP contribution is -2.28. The number of nitrogens with zero attached hydrogens (tertiary/aromatic N) is 4. The predicted molar refractivity (Wildman–Crippen MR) is 273 cm³/mol. The van der Waals surface area contributed by atoms with Crippen LogP contribution in [0.3, 0.4) is 0 Å². The quantitative estimate of drug-likeness (QED) is 0.152. The monoisotopic (exact) mass is 842 g/mol. The molecule has 0 spiro atoms. The van der Waals surface area contributed by atoms with E-state index in [1.807, 2.05) is 12.4 Å². The largest absolute Gasteiger partial charge is 0.317 e. The van der Waals surface area contributed by atoms with Crippen LogP contribution < -0.4 is 4.90 Å². The molecule has 0 N–H and O–H groups in total. The molecule has 4 nitrogen and oxygen atoms in total. The van der Waals surface area contributed by atoms with Crippen LogP contribution in [0.25, 0.3) is 66.3 Å². The molecule has 0 saturated carbocycles. The van der Waals surface area contributed by atoms with Gasteiger partial charge < -0.3 is 14.0 Å². The summed E-state index contributed by atoms with van der Waals surface area (Å²) in [6, 6.07) is 86.6. The summed E-state index contributed by atoms with van der Waals surface area (Å²) in [6.45, 7) is 0. The van der Waals surface area contributed by atoms with Crippen molar-refractivity contribution in [1.29, 1.82) is 0 Å². The maximum Gasteiger partial charge on any atom is 0.0714 e. The first kappa shape index (κ1) is 37.8. The predicted octanol–water partition coefficient (Wildman–Crippen LogP) is 15.6. The number of rotatable bonds is 8. The minimum atomic E-state index is -0.536. The van der Waals surface area contributed by atoms with Crippen molar-refractivity contribution in [2.45, 2.75) is 5.41 Å². The summed E-state index contributed by atoms with van der Waals surface area (Å²) in [5, 5.41) is 3.64. The van der Waals surface area contributed by atoms with Crippen molar-refractivity contribution in [3.63, 3.8) is 0 Å². The minimum absolute atomic E-state index is 0.536. The maximum absolute atomic E-state index is 4.29. The zero-order chi connectivity index (χ0) is 43.6. The molecule has 0 aliphatic heterocycles. The second kappa shape index (κ2) is 15.2. The molecular weight excluding hydrogens is 801 g/mol. The lowest BCUT2D eigenvalue weighted by Gasteiger charge is -2.35. The average Bonchev–Trinajstić information content (AvgIpc) is 4.07. The molecule has 0 radical (unpaired) electrons. The summed E-state index contributed by atoms with van der Waals surface area (Å²) < 4.78 is 4.72. The molecule has 3 aromatic heterocycles. The van der Waals surface area contributed by atoms with E-state index in [0.717, 1.165) is 45.1 Å². The van der Waals surface area contributed by atoms with E-state index in [0.29, 0.717) is 0 Å². The Morgan fingerprint density at radius 3 is 1.64 bits per heavy atom. The third-order valence-electron chi connectivity index (χ3n) is 13.7. The Hall–Kier alpha value is -8.73. The fourth-order valence-electron chi connectivity index (χ4n) is 10.9. The zero-order valence-electron chi connectivity index (χ0n) is 36.0. The van der Waals surface area contributed by atoms with E-state index in [2.05, 4.69) is 262 Å². The molecule has 310 valence electrons. The van der Waals surface area contributed by atoms with Gasteiger partial charge in [0.15, 0.2) is 0 Å². The molecular formula is C62H42N4. The fraction of sp³-hybridized carbons (Fsp3) is 0.0161. The number of anilines is 3. The van der Waals surface area contributed by atoms with Gasteiger partial charge in [-0.1, -0.05) is 140 Å². The highest BCUT2D eigenvalue weighted by molar-refractivity contribution is 6.22. The highest BCUT2D eigenvalue weighted by Gasteiger charge is 2.46. The van der Waals surface area contributed by atoms with Gasteiger partial charge in [-0.3, -0.25) is 4.98 Å². The van der Waals surface area contributed by atoms with Crippen molar-refractivity contribution in [2.75, 3.05) is 4.90 Å². The van der Waals surface area contributed by atoms with Gasteiger partial charge in [0.05, 0.1) is 22.0 Å². The lowest BCUT2D eigenvalue weighted by molar-refractivity contribution is 0.768. The van der Waals surface area contributed by atoms with Gasteiger partial charge >= 0.3 is 0 Å². The molecule has 9 aromatic carbocycles. The van der Waals surface area contributed by atoms with Gasteiger partial charge in [0, 0.05) is 63.2 Å². The minimum Gasteiger partial charge on any atom is -0.317 e. The van der Waals surface area contributed by atoms with Crippen LogP contribution in [0.4, 0.5) is 17.1 Å². The van der Waals surface area contributed by atoms with Crippen molar-refractivity contribution in [3.8, 4) is 33.6 Å². The molecule has 0 unspecified atom stereocenters. The van der Waals surface area contributed by atoms with Crippen LogP contribution in [0.2, 0.25) is 0 Å². The second-order valence-electron chi connectivity index (χ2n) is 17.2. The Morgan fingerprint density at radius 2 is 0.924 bits per heavy atom. The Labute approximate surface area is 383 Å². The average molecular weight is 843 g/mol. The number of fused-ring (bicyclic) bond motifs is 8. The maximum atomic E-state index is 4.29. The van der Waals surface area contributed by atoms with Gasteiger partial charge in [-0.25, -0.2) is 0 Å². The highest BCUT2D eigenvalue weighted by Crippen LogP contribution is 2.57. The van der Waals surface area contributed by atoms with E-state index in [1.54, 1.807) is 0 Å². The third-order valence-corrected chi connectivity index (χ3v) is 13.7. The molecule has 3 heterocycles. The molecule has 0 amide bonds. The molecule has 4 heteroatoms. The van der Waals surface area contributed by atoms with E-state index in [-0.39, 0.29) is 0 Å². The number of aromatic nitrogens is 3. The van der Waals surface area contributed by atoms with E-state index < -0.39 is 5.41 Å². The van der Waals surface area contributed by atoms with Gasteiger partial charge in [-0.2, -0.15) is 0 Å². The van der Waals surface area contributed by atoms with Crippen LogP contribution in [-0.2, 0) is 5.41 Å². The SMILES string of the molecule is c1ccc(-n2ccc3c4c5cc(N(c6ccc(-c7ccncc7)cc6)c6ccc7c(c6)C(c6ccccc6)(c6ccccc6)c6ccccc6-7)ccc5n(-c5ccccc5)c4ccc32)cc1. The Kier molecular flexibility index (Phi) is 8.72. The number of hydrogen-bond acceptors (Lipinski definition) is 2. The number of benzene rings is 9. The van der Waals surface area contributed by atoms with Crippen molar-refractivity contribution in [1.82, 2.24) is 14.1 Å². The first-order valence-corrected chi connectivity index (χ1v) is 22.6. The van der Waals surface area contributed by atoms with E-state index in [1.165, 1.54) is 60.6 Å². The van der Waals surface area contributed by atoms with Gasteiger partial charge in [-0.15, -0.1) is 0 Å². The molecule has 0 bridgehead atoms. The van der Waals surface area contributed by atoms with Gasteiger partial charge in [0.2, 0.25) is 0 Å². The van der Waals surface area contributed by atoms with Crippen molar-refractivity contribution < 1.29 is 0 Å². The molecule has 13 rings (SSSR count). The molecule has 0 atom stereocenters.